The van der Waals surface area contributed by atoms with E-state index in [0.717, 1.165) is 56.7 Å². The van der Waals surface area contributed by atoms with Gasteiger partial charge in [-0.05, 0) is 38.0 Å². The Kier molecular flexibility index (Phi) is 5.67. The summed E-state index contributed by atoms with van der Waals surface area (Å²) < 4.78 is 0.00262. The smallest absolute Gasteiger partial charge is 0.345 e. The maximum Gasteiger partial charge on any atom is 0.345 e. The number of hydrogen-bond acceptors (Lipinski definition) is 8. The van der Waals surface area contributed by atoms with Crippen LogP contribution in [0.2, 0.25) is 0 Å². The average molecular weight is 449 g/mol. The molecule has 3 unspecified atom stereocenters. The Balaban J connectivity index is 1.42. The predicted molar refractivity (Wildman–Crippen MR) is 128 cm³/mol. The Morgan fingerprint density at radius 3 is 2.70 bits per heavy atom. The lowest BCUT2D eigenvalue weighted by atomic mass is 9.94. The lowest BCUT2D eigenvalue weighted by Crippen LogP contribution is -2.61. The van der Waals surface area contributed by atoms with Crippen LogP contribution in [0.3, 0.4) is 0 Å². The summed E-state index contributed by atoms with van der Waals surface area (Å²) in [6, 6.07) is 3.85. The molecule has 0 aromatic carbocycles. The van der Waals surface area contributed by atoms with Crippen LogP contribution >= 0.6 is 0 Å². The Morgan fingerprint density at radius 1 is 1.15 bits per heavy atom. The summed E-state index contributed by atoms with van der Waals surface area (Å²) >= 11 is 0. The number of Topliss-reactive ketones (excluding diaryl/α,β-unsaturated/α-hetero) is 1. The second-order valence-corrected chi connectivity index (χ2v) is 9.20. The highest BCUT2D eigenvalue weighted by Crippen LogP contribution is 2.41. The van der Waals surface area contributed by atoms with Crippen LogP contribution in [0.5, 0.6) is 0 Å². The molecule has 2 fully saturated rings. The highest BCUT2D eigenvalue weighted by molar-refractivity contribution is 6.04. The zero-order valence-electron chi connectivity index (χ0n) is 19.1. The van der Waals surface area contributed by atoms with Crippen LogP contribution in [0.1, 0.15) is 31.7 Å². The summed E-state index contributed by atoms with van der Waals surface area (Å²) in [6.07, 6.45) is 9.52. The molecular formula is C24H30N7O2+. The minimum absolute atomic E-state index is 0.00262. The zero-order chi connectivity index (χ0) is 23.0. The number of nitrogens with one attached hydrogen (secondary N) is 2. The van der Waals surface area contributed by atoms with Crippen molar-refractivity contribution < 1.29 is 9.59 Å². The van der Waals surface area contributed by atoms with Crippen molar-refractivity contribution in [3.05, 3.63) is 36.2 Å². The minimum Gasteiger partial charge on any atom is -0.368 e. The number of ketones is 1. The number of nitrogens with zero attached hydrogens (tertiary/aromatic N) is 5. The van der Waals surface area contributed by atoms with Crippen molar-refractivity contribution >= 4 is 41.0 Å². The molecule has 4 heterocycles. The Hall–Kier alpha value is -3.17. The van der Waals surface area contributed by atoms with Gasteiger partial charge in [0, 0.05) is 44.9 Å². The number of rotatable bonds is 5. The van der Waals surface area contributed by atoms with Crippen LogP contribution in [0.4, 0.5) is 23.3 Å². The first-order valence-electron chi connectivity index (χ1n) is 11.6. The van der Waals surface area contributed by atoms with E-state index in [1.165, 1.54) is 0 Å². The molecule has 0 spiro atoms. The number of amides is 1. The molecule has 1 saturated carbocycles. The van der Waals surface area contributed by atoms with E-state index in [0.29, 0.717) is 17.6 Å². The van der Waals surface area contributed by atoms with Gasteiger partial charge in [0.25, 0.3) is 0 Å². The molecule has 1 saturated heterocycles. The molecule has 3 aliphatic rings. The molecule has 2 aromatic heterocycles. The van der Waals surface area contributed by atoms with Gasteiger partial charge in [-0.3, -0.25) is 4.79 Å². The van der Waals surface area contributed by atoms with Crippen molar-refractivity contribution in [3.63, 3.8) is 0 Å². The Morgan fingerprint density at radius 2 is 1.97 bits per heavy atom. The van der Waals surface area contributed by atoms with Crippen LogP contribution < -0.4 is 20.0 Å². The van der Waals surface area contributed by atoms with Crippen molar-refractivity contribution in [2.24, 2.45) is 5.92 Å². The van der Waals surface area contributed by atoms with Crippen LogP contribution in [0.25, 0.3) is 6.08 Å². The summed E-state index contributed by atoms with van der Waals surface area (Å²) in [5.41, 5.74) is 1.89. The van der Waals surface area contributed by atoms with Gasteiger partial charge >= 0.3 is 5.91 Å². The molecular weight excluding hydrogens is 418 g/mol. The van der Waals surface area contributed by atoms with Crippen molar-refractivity contribution in [2.75, 3.05) is 43.4 Å². The summed E-state index contributed by atoms with van der Waals surface area (Å²) in [5.74, 6) is 1.62. The molecule has 0 radical (unpaired) electrons. The molecule has 1 amide bonds. The highest BCUT2D eigenvalue weighted by atomic mass is 16.2. The van der Waals surface area contributed by atoms with Gasteiger partial charge in [0.1, 0.15) is 17.6 Å². The van der Waals surface area contributed by atoms with Crippen LogP contribution in [0, 0.1) is 5.92 Å². The Labute approximate surface area is 193 Å². The number of hydrogen-bond donors (Lipinski definition) is 2. The standard InChI is InChI=1S/C24H29N7O2/c1-16(32)19-4-3-5-20(19)31(2)22(33)9-6-17-14-27-24(29-23(17)31)28-21-8-7-18(15-26-21)30-12-10-25-11-13-30/h6-9,14-15,19-20,25H,3-5,10-13H2,1-2H3/p+1. The van der Waals surface area contributed by atoms with E-state index in [1.54, 1.807) is 25.3 Å². The number of anilines is 3. The molecule has 2 aliphatic heterocycles. The number of carbonyl (C=O) groups is 2. The van der Waals surface area contributed by atoms with Gasteiger partial charge in [-0.1, -0.05) is 0 Å². The lowest BCUT2D eigenvalue weighted by Gasteiger charge is -2.39. The predicted octanol–water partition coefficient (Wildman–Crippen LogP) is 2.27. The SMILES string of the molecule is CC(=O)C1CCCC1[N+]1(C)C(=O)C=Cc2cnc(Nc3ccc(N4CCNCC4)cn3)nc21. The third kappa shape index (κ3) is 3.91. The van der Waals surface area contributed by atoms with Gasteiger partial charge in [-0.25, -0.2) is 19.2 Å². The largest absolute Gasteiger partial charge is 0.368 e. The molecule has 33 heavy (non-hydrogen) atoms. The maximum atomic E-state index is 13.2. The van der Waals surface area contributed by atoms with Crippen molar-refractivity contribution in [1.29, 1.82) is 0 Å². The first-order chi connectivity index (χ1) is 16.0. The van der Waals surface area contributed by atoms with E-state index in [9.17, 15) is 9.59 Å². The number of piperazine rings is 1. The van der Waals surface area contributed by atoms with Crippen molar-refractivity contribution in [2.45, 2.75) is 32.2 Å². The van der Waals surface area contributed by atoms with Crippen molar-refractivity contribution in [3.8, 4) is 0 Å². The molecule has 1 aliphatic carbocycles. The number of pyridine rings is 1. The third-order valence-electron chi connectivity index (χ3n) is 7.23. The van der Waals surface area contributed by atoms with Crippen LogP contribution in [0.15, 0.2) is 30.6 Å². The topological polar surface area (TPSA) is 100 Å². The fourth-order valence-corrected chi connectivity index (χ4v) is 5.39. The molecule has 2 aromatic rings. The van der Waals surface area contributed by atoms with E-state index in [-0.39, 0.29) is 28.1 Å². The van der Waals surface area contributed by atoms with Gasteiger partial charge in [-0.15, -0.1) is 0 Å². The second kappa shape index (κ2) is 8.64. The zero-order valence-corrected chi connectivity index (χ0v) is 19.1. The number of carbonyl (C=O) groups excluding carboxylic acids is 2. The lowest BCUT2D eigenvalue weighted by molar-refractivity contribution is -0.129. The first-order valence-corrected chi connectivity index (χ1v) is 11.6. The molecule has 3 atom stereocenters. The third-order valence-corrected chi connectivity index (χ3v) is 7.23. The quantitative estimate of drug-likeness (QED) is 0.672. The summed E-state index contributed by atoms with van der Waals surface area (Å²) in [4.78, 5) is 41.5. The van der Waals surface area contributed by atoms with Gasteiger partial charge in [0.05, 0.1) is 30.4 Å². The normalized spacial score (nSPS) is 26.8. The van der Waals surface area contributed by atoms with Crippen LogP contribution in [-0.4, -0.2) is 65.9 Å². The van der Waals surface area contributed by atoms with Crippen LogP contribution in [-0.2, 0) is 9.59 Å². The van der Waals surface area contributed by atoms with E-state index < -0.39 is 0 Å². The monoisotopic (exact) mass is 448 g/mol. The van der Waals surface area contributed by atoms with E-state index in [1.807, 2.05) is 25.4 Å². The van der Waals surface area contributed by atoms with Crippen molar-refractivity contribution in [1.82, 2.24) is 24.8 Å². The summed E-state index contributed by atoms with van der Waals surface area (Å²) in [7, 11) is 1.88. The maximum absolute atomic E-state index is 13.2. The minimum atomic E-state index is -0.135. The highest BCUT2D eigenvalue weighted by Gasteiger charge is 2.52. The first kappa shape index (κ1) is 21.7. The average Bonchev–Trinajstić information content (AvgIpc) is 3.34. The van der Waals surface area contributed by atoms with Gasteiger partial charge in [0.15, 0.2) is 0 Å². The number of quaternary nitrogens is 1. The van der Waals surface area contributed by atoms with E-state index >= 15 is 0 Å². The Bertz CT molecular complexity index is 1090. The number of fused-ring (bicyclic) bond motifs is 1. The van der Waals surface area contributed by atoms with Gasteiger partial charge in [-0.2, -0.15) is 4.98 Å². The molecule has 0 bridgehead atoms. The number of aromatic nitrogens is 3. The van der Waals surface area contributed by atoms with E-state index in [4.69, 9.17) is 4.98 Å². The fourth-order valence-electron chi connectivity index (χ4n) is 5.39. The molecule has 172 valence electrons. The second-order valence-electron chi connectivity index (χ2n) is 9.20. The van der Waals surface area contributed by atoms with Gasteiger partial charge < -0.3 is 15.5 Å². The summed E-state index contributed by atoms with van der Waals surface area (Å²) in [5, 5.41) is 6.54. The fraction of sp³-hybridized carbons (Fsp3) is 0.458. The number of likely N-dealkylation sites (N-methyl/N-ethyl adjacent to an activating group) is 1. The molecule has 9 heteroatoms. The molecule has 2 N–H and O–H groups in total. The molecule has 5 rings (SSSR count). The summed E-state index contributed by atoms with van der Waals surface area (Å²) in [6.45, 7) is 5.49. The van der Waals surface area contributed by atoms with Gasteiger partial charge in [0.2, 0.25) is 11.8 Å². The van der Waals surface area contributed by atoms with E-state index in [2.05, 4.69) is 25.5 Å². The molecule has 9 nitrogen and oxygen atoms in total.